The van der Waals surface area contributed by atoms with Crippen LogP contribution in [0.15, 0.2) is 18.2 Å². The van der Waals surface area contributed by atoms with Crippen molar-refractivity contribution in [1.29, 1.82) is 0 Å². The summed E-state index contributed by atoms with van der Waals surface area (Å²) >= 11 is 19.6. The standard InChI is InChI=1S/C9H3BrCl3F4NOS/c10-9(12,13)20-18(7(14)19)4-1-2-5(6(11)3-4)8(15,16)17/h1-3H. The Labute approximate surface area is 138 Å². The van der Waals surface area contributed by atoms with Gasteiger partial charge in [-0.3, -0.25) is 0 Å². The highest BCUT2D eigenvalue weighted by atomic mass is 79.9. The van der Waals surface area contributed by atoms with Crippen molar-refractivity contribution in [3.05, 3.63) is 28.8 Å². The fourth-order valence-electron chi connectivity index (χ4n) is 1.15. The molecular formula is C9H3BrCl3F4NOS. The van der Waals surface area contributed by atoms with Crippen molar-refractivity contribution < 1.29 is 22.4 Å². The molecule has 0 aromatic heterocycles. The molecule has 112 valence electrons. The molecule has 0 aliphatic carbocycles. The number of halogens is 8. The molecule has 1 aromatic carbocycles. The summed E-state index contributed by atoms with van der Waals surface area (Å²) in [5.74, 6) is 0. The van der Waals surface area contributed by atoms with E-state index in [0.717, 1.165) is 12.1 Å². The largest absolute Gasteiger partial charge is 0.417 e. The van der Waals surface area contributed by atoms with Gasteiger partial charge < -0.3 is 0 Å². The Morgan fingerprint density at radius 1 is 1.30 bits per heavy atom. The summed E-state index contributed by atoms with van der Waals surface area (Å²) in [5, 5.41) is -0.689. The van der Waals surface area contributed by atoms with Crippen LogP contribution in [0, 0.1) is 0 Å². The highest BCUT2D eigenvalue weighted by Gasteiger charge is 2.35. The number of benzene rings is 1. The van der Waals surface area contributed by atoms with Crippen LogP contribution in [0.4, 0.5) is 28.0 Å². The summed E-state index contributed by atoms with van der Waals surface area (Å²) < 4.78 is 49.1. The Morgan fingerprint density at radius 3 is 2.20 bits per heavy atom. The van der Waals surface area contributed by atoms with Crippen LogP contribution in [-0.4, -0.2) is 8.74 Å². The van der Waals surface area contributed by atoms with Gasteiger partial charge in [0.25, 0.3) is 0 Å². The van der Waals surface area contributed by atoms with Crippen molar-refractivity contribution in [2.24, 2.45) is 0 Å². The molecule has 0 spiro atoms. The van der Waals surface area contributed by atoms with Gasteiger partial charge in [-0.2, -0.15) is 13.2 Å². The Hall–Kier alpha value is 0.110. The highest BCUT2D eigenvalue weighted by Crippen LogP contribution is 2.46. The minimum absolute atomic E-state index is 0.245. The predicted octanol–water partition coefficient (Wildman–Crippen LogP) is 6.39. The van der Waals surface area contributed by atoms with Crippen LogP contribution in [-0.2, 0) is 6.18 Å². The number of alkyl halides is 6. The summed E-state index contributed by atoms with van der Waals surface area (Å²) in [7, 11) is 0. The van der Waals surface area contributed by atoms with Gasteiger partial charge in [0.1, 0.15) is 0 Å². The van der Waals surface area contributed by atoms with E-state index in [-0.39, 0.29) is 5.69 Å². The second-order valence-corrected chi connectivity index (χ2v) is 9.22. The molecule has 1 amide bonds. The molecule has 1 aromatic rings. The SMILES string of the molecule is O=C(F)N(SC(Cl)(Cl)Br)c1ccc(C(F)(F)F)c(Cl)c1. The third-order valence-electron chi connectivity index (χ3n) is 1.85. The zero-order valence-electron chi connectivity index (χ0n) is 9.02. The summed E-state index contributed by atoms with van der Waals surface area (Å²) in [6.07, 6.45) is -6.64. The van der Waals surface area contributed by atoms with E-state index in [9.17, 15) is 22.4 Å². The van der Waals surface area contributed by atoms with Gasteiger partial charge in [-0.25, -0.2) is 9.10 Å². The van der Waals surface area contributed by atoms with Crippen LogP contribution in [0.1, 0.15) is 5.56 Å². The minimum atomic E-state index is -4.66. The summed E-state index contributed by atoms with van der Waals surface area (Å²) in [5.41, 5.74) is -1.35. The van der Waals surface area contributed by atoms with Crippen LogP contribution in [0.25, 0.3) is 0 Å². The van der Waals surface area contributed by atoms with Crippen LogP contribution >= 0.6 is 62.7 Å². The van der Waals surface area contributed by atoms with Crippen molar-refractivity contribution in [2.45, 2.75) is 8.75 Å². The molecule has 0 heterocycles. The Bertz CT molecular complexity index is 523. The second-order valence-electron chi connectivity index (χ2n) is 3.25. The van der Waals surface area contributed by atoms with E-state index in [1.165, 1.54) is 0 Å². The van der Waals surface area contributed by atoms with E-state index >= 15 is 0 Å². The maximum absolute atomic E-state index is 12.9. The van der Waals surface area contributed by atoms with Gasteiger partial charge >= 0.3 is 12.3 Å². The van der Waals surface area contributed by atoms with Crippen molar-refractivity contribution in [2.75, 3.05) is 4.31 Å². The first-order valence-corrected chi connectivity index (χ1v) is 7.24. The Balaban J connectivity index is 3.18. The molecule has 0 atom stereocenters. The van der Waals surface area contributed by atoms with Gasteiger partial charge in [0.2, 0.25) is 2.57 Å². The van der Waals surface area contributed by atoms with Crippen molar-refractivity contribution in [1.82, 2.24) is 0 Å². The maximum atomic E-state index is 12.9. The first-order chi connectivity index (χ1) is 8.92. The second kappa shape index (κ2) is 6.48. The predicted molar refractivity (Wildman–Crippen MR) is 76.4 cm³/mol. The van der Waals surface area contributed by atoms with E-state index in [2.05, 4.69) is 15.9 Å². The van der Waals surface area contributed by atoms with E-state index in [4.69, 9.17) is 34.8 Å². The molecule has 0 N–H and O–H groups in total. The topological polar surface area (TPSA) is 20.3 Å². The fourth-order valence-corrected chi connectivity index (χ4v) is 2.78. The van der Waals surface area contributed by atoms with Gasteiger partial charge in [0.05, 0.1) is 16.3 Å². The lowest BCUT2D eigenvalue weighted by molar-refractivity contribution is -0.137. The average molecular weight is 435 g/mol. The summed E-state index contributed by atoms with van der Waals surface area (Å²) in [4.78, 5) is 10.9. The molecule has 20 heavy (non-hydrogen) atoms. The smallest absolute Gasteiger partial charge is 0.233 e. The zero-order valence-corrected chi connectivity index (χ0v) is 13.7. The number of amides is 1. The van der Waals surface area contributed by atoms with Gasteiger partial charge in [-0.15, -0.1) is 4.39 Å². The quantitative estimate of drug-likeness (QED) is 0.180. The van der Waals surface area contributed by atoms with Crippen molar-refractivity contribution in [3.8, 4) is 0 Å². The summed E-state index contributed by atoms with van der Waals surface area (Å²) in [6.45, 7) is 0. The lowest BCUT2D eigenvalue weighted by Gasteiger charge is -2.22. The molecule has 0 aliphatic rings. The number of nitrogens with zero attached hydrogens (tertiary/aromatic N) is 1. The number of hydrogen-bond acceptors (Lipinski definition) is 2. The zero-order chi connectivity index (χ0) is 15.7. The van der Waals surface area contributed by atoms with Gasteiger partial charge in [-0.05, 0) is 34.1 Å². The molecule has 0 saturated carbocycles. The minimum Gasteiger partial charge on any atom is -0.233 e. The van der Waals surface area contributed by atoms with Gasteiger partial charge in [0, 0.05) is 11.9 Å². The van der Waals surface area contributed by atoms with E-state index in [0.29, 0.717) is 22.3 Å². The van der Waals surface area contributed by atoms with Crippen molar-refractivity contribution in [3.63, 3.8) is 0 Å². The summed E-state index contributed by atoms with van der Waals surface area (Å²) in [6, 6.07) is 2.26. The highest BCUT2D eigenvalue weighted by molar-refractivity contribution is 9.13. The maximum Gasteiger partial charge on any atom is 0.417 e. The number of anilines is 1. The van der Waals surface area contributed by atoms with Crippen LogP contribution in [0.2, 0.25) is 5.02 Å². The number of rotatable bonds is 3. The molecule has 0 aliphatic heterocycles. The van der Waals surface area contributed by atoms with Crippen molar-refractivity contribution >= 4 is 74.5 Å². The van der Waals surface area contributed by atoms with Crippen LogP contribution < -0.4 is 4.31 Å². The molecule has 0 bridgehead atoms. The van der Waals surface area contributed by atoms with Gasteiger partial charge in [0.15, 0.2) is 0 Å². The van der Waals surface area contributed by atoms with E-state index in [1.54, 1.807) is 0 Å². The third kappa shape index (κ3) is 5.14. The lowest BCUT2D eigenvalue weighted by atomic mass is 10.2. The first kappa shape index (κ1) is 18.2. The van der Waals surface area contributed by atoms with Crippen LogP contribution in [0.3, 0.4) is 0 Å². The molecular weight excluding hydrogens is 432 g/mol. The number of carbonyl (C=O) groups excluding carboxylic acids is 1. The number of carbonyl (C=O) groups is 1. The number of hydrogen-bond donors (Lipinski definition) is 0. The lowest BCUT2D eigenvalue weighted by Crippen LogP contribution is -2.22. The average Bonchev–Trinajstić information content (AvgIpc) is 2.22. The van der Waals surface area contributed by atoms with Gasteiger partial charge in [-0.1, -0.05) is 34.8 Å². The first-order valence-electron chi connectivity index (χ1n) is 4.54. The molecule has 11 heteroatoms. The third-order valence-corrected chi connectivity index (χ3v) is 3.75. The van der Waals surface area contributed by atoms with E-state index < -0.39 is 25.5 Å². The van der Waals surface area contributed by atoms with E-state index in [1.807, 2.05) is 0 Å². The Morgan fingerprint density at radius 2 is 1.85 bits per heavy atom. The molecule has 0 radical (unpaired) electrons. The Kier molecular flexibility index (Phi) is 5.88. The molecule has 1 rings (SSSR count). The molecule has 0 fully saturated rings. The molecule has 0 unspecified atom stereocenters. The van der Waals surface area contributed by atoms with Crippen LogP contribution in [0.5, 0.6) is 0 Å². The normalized spacial score (nSPS) is 12.4. The monoisotopic (exact) mass is 433 g/mol. The molecule has 0 saturated heterocycles. The fraction of sp³-hybridized carbons (Fsp3) is 0.222. The molecule has 2 nitrogen and oxygen atoms in total.